The molecule has 2 aromatic heterocycles. The Morgan fingerprint density at radius 1 is 1.04 bits per heavy atom. The van der Waals surface area contributed by atoms with Gasteiger partial charge in [-0.2, -0.15) is 5.10 Å². The van der Waals surface area contributed by atoms with Gasteiger partial charge >= 0.3 is 0 Å². The van der Waals surface area contributed by atoms with E-state index in [-0.39, 0.29) is 23.8 Å². The van der Waals surface area contributed by atoms with Gasteiger partial charge in [0.1, 0.15) is 0 Å². The molecule has 0 aliphatic carbocycles. The van der Waals surface area contributed by atoms with E-state index in [0.717, 1.165) is 37.3 Å². The van der Waals surface area contributed by atoms with Crippen molar-refractivity contribution >= 4 is 11.8 Å². The van der Waals surface area contributed by atoms with Gasteiger partial charge in [0.25, 0.3) is 5.91 Å². The molecule has 0 aromatic carbocycles. The van der Waals surface area contributed by atoms with Crippen LogP contribution in [0, 0.1) is 19.8 Å². The fraction of sp³-hybridized carbons (Fsp3) is 0.500. The summed E-state index contributed by atoms with van der Waals surface area (Å²) < 4.78 is 2.04. The molecule has 2 aromatic rings. The summed E-state index contributed by atoms with van der Waals surface area (Å²) in [6, 6.07) is 5.83. The predicted molar refractivity (Wildman–Crippen MR) is 100 cm³/mol. The van der Waals surface area contributed by atoms with Crippen LogP contribution >= 0.6 is 0 Å². The highest BCUT2D eigenvalue weighted by Crippen LogP contribution is 2.28. The smallest absolute Gasteiger partial charge is 0.253 e. The third kappa shape index (κ3) is 3.46. The zero-order valence-corrected chi connectivity index (χ0v) is 15.8. The molecule has 0 atom stereocenters. The topological polar surface area (TPSA) is 71.3 Å². The molecule has 0 spiro atoms. The van der Waals surface area contributed by atoms with Crippen LogP contribution in [0.1, 0.15) is 40.6 Å². The van der Waals surface area contributed by atoms with Crippen molar-refractivity contribution in [1.82, 2.24) is 24.6 Å². The summed E-state index contributed by atoms with van der Waals surface area (Å²) in [5, 5.41) is 4.53. The van der Waals surface area contributed by atoms with E-state index in [1.807, 2.05) is 21.4 Å². The number of rotatable bonds is 3. The molecule has 2 aliphatic rings. The molecule has 7 heteroatoms. The van der Waals surface area contributed by atoms with Crippen molar-refractivity contribution in [2.24, 2.45) is 5.92 Å². The van der Waals surface area contributed by atoms with Crippen LogP contribution in [0.5, 0.6) is 0 Å². The summed E-state index contributed by atoms with van der Waals surface area (Å²) in [6.07, 6.45) is 4.73. The summed E-state index contributed by atoms with van der Waals surface area (Å²) in [4.78, 5) is 33.0. The number of piperidine rings is 1. The van der Waals surface area contributed by atoms with Crippen LogP contribution in [0.4, 0.5) is 0 Å². The average molecular weight is 367 g/mol. The van der Waals surface area contributed by atoms with E-state index in [9.17, 15) is 9.59 Å². The number of aryl methyl sites for hydroxylation is 2. The highest BCUT2D eigenvalue weighted by molar-refractivity contribution is 5.94. The number of hydrogen-bond donors (Lipinski definition) is 0. The SMILES string of the molecule is Cc1cc(C)n(C2CN(C(=O)C3CCN(C(=O)c4ccncc4)CC3)C2)n1. The Balaban J connectivity index is 1.28. The Morgan fingerprint density at radius 3 is 2.30 bits per heavy atom. The molecule has 0 radical (unpaired) electrons. The number of amides is 2. The molecule has 2 amide bonds. The second-order valence-corrected chi connectivity index (χ2v) is 7.57. The van der Waals surface area contributed by atoms with Crippen LogP contribution in [0.3, 0.4) is 0 Å². The minimum Gasteiger partial charge on any atom is -0.339 e. The number of carbonyl (C=O) groups excluding carboxylic acids is 2. The van der Waals surface area contributed by atoms with Crippen molar-refractivity contribution < 1.29 is 9.59 Å². The second kappa shape index (κ2) is 7.13. The third-order valence-corrected chi connectivity index (χ3v) is 5.62. The average Bonchev–Trinajstić information content (AvgIpc) is 2.98. The van der Waals surface area contributed by atoms with Gasteiger partial charge in [-0.05, 0) is 44.9 Å². The van der Waals surface area contributed by atoms with Crippen molar-refractivity contribution in [2.45, 2.75) is 32.7 Å². The minimum absolute atomic E-state index is 0.0212. The van der Waals surface area contributed by atoms with Crippen molar-refractivity contribution in [3.63, 3.8) is 0 Å². The van der Waals surface area contributed by atoms with Gasteiger partial charge < -0.3 is 9.80 Å². The van der Waals surface area contributed by atoms with E-state index in [1.54, 1.807) is 24.5 Å². The highest BCUT2D eigenvalue weighted by Gasteiger charge is 2.37. The maximum atomic E-state index is 12.8. The molecular formula is C20H25N5O2. The molecule has 142 valence electrons. The van der Waals surface area contributed by atoms with Gasteiger partial charge in [-0.1, -0.05) is 0 Å². The van der Waals surface area contributed by atoms with Gasteiger partial charge in [-0.25, -0.2) is 0 Å². The zero-order chi connectivity index (χ0) is 19.0. The first-order valence-electron chi connectivity index (χ1n) is 9.54. The van der Waals surface area contributed by atoms with Gasteiger partial charge in [0, 0.05) is 55.7 Å². The lowest BCUT2D eigenvalue weighted by Gasteiger charge is -2.42. The minimum atomic E-state index is 0.0212. The van der Waals surface area contributed by atoms with E-state index in [1.165, 1.54) is 0 Å². The number of likely N-dealkylation sites (tertiary alicyclic amines) is 2. The predicted octanol–water partition coefficient (Wildman–Crippen LogP) is 1.83. The van der Waals surface area contributed by atoms with E-state index in [0.29, 0.717) is 18.7 Å². The summed E-state index contributed by atoms with van der Waals surface area (Å²) in [6.45, 7) is 6.78. The molecule has 27 heavy (non-hydrogen) atoms. The van der Waals surface area contributed by atoms with Gasteiger partial charge in [0.15, 0.2) is 0 Å². The molecule has 4 rings (SSSR count). The molecule has 7 nitrogen and oxygen atoms in total. The second-order valence-electron chi connectivity index (χ2n) is 7.57. The van der Waals surface area contributed by atoms with Gasteiger partial charge in [-0.15, -0.1) is 0 Å². The van der Waals surface area contributed by atoms with Crippen LogP contribution in [0.2, 0.25) is 0 Å². The number of nitrogens with zero attached hydrogens (tertiary/aromatic N) is 5. The first-order valence-corrected chi connectivity index (χ1v) is 9.54. The lowest BCUT2D eigenvalue weighted by atomic mass is 9.93. The van der Waals surface area contributed by atoms with Crippen LogP contribution in [-0.4, -0.2) is 62.6 Å². The van der Waals surface area contributed by atoms with Crippen molar-refractivity contribution in [3.8, 4) is 0 Å². The van der Waals surface area contributed by atoms with Crippen molar-refractivity contribution in [1.29, 1.82) is 0 Å². The fourth-order valence-corrected chi connectivity index (χ4v) is 4.07. The molecule has 4 heterocycles. The summed E-state index contributed by atoms with van der Waals surface area (Å²) >= 11 is 0. The molecule has 0 saturated carbocycles. The van der Waals surface area contributed by atoms with Crippen LogP contribution in [-0.2, 0) is 4.79 Å². The molecule has 2 saturated heterocycles. The molecule has 0 N–H and O–H groups in total. The summed E-state index contributed by atoms with van der Waals surface area (Å²) in [7, 11) is 0. The number of hydrogen-bond acceptors (Lipinski definition) is 4. The summed E-state index contributed by atoms with van der Waals surface area (Å²) in [5.41, 5.74) is 2.82. The first-order chi connectivity index (χ1) is 13.0. The fourth-order valence-electron chi connectivity index (χ4n) is 4.07. The van der Waals surface area contributed by atoms with E-state index in [2.05, 4.69) is 23.1 Å². The maximum Gasteiger partial charge on any atom is 0.253 e. The number of aromatic nitrogens is 3. The lowest BCUT2D eigenvalue weighted by Crippen LogP contribution is -2.54. The maximum absolute atomic E-state index is 12.8. The molecule has 0 bridgehead atoms. The first kappa shape index (κ1) is 17.7. The van der Waals surface area contributed by atoms with Crippen LogP contribution in [0.25, 0.3) is 0 Å². The Labute approximate surface area is 159 Å². The quantitative estimate of drug-likeness (QED) is 0.830. The highest BCUT2D eigenvalue weighted by atomic mass is 16.2. The van der Waals surface area contributed by atoms with Gasteiger partial charge in [0.2, 0.25) is 5.91 Å². The standard InChI is InChI=1S/C20H25N5O2/c1-14-11-15(2)25(22-14)18-12-24(13-18)20(27)17-5-9-23(10-6-17)19(26)16-3-7-21-8-4-16/h3-4,7-8,11,17-18H,5-6,9-10,12-13H2,1-2H3. The van der Waals surface area contributed by atoms with Gasteiger partial charge in [-0.3, -0.25) is 19.3 Å². The van der Waals surface area contributed by atoms with Gasteiger partial charge in [0.05, 0.1) is 11.7 Å². The molecular weight excluding hydrogens is 342 g/mol. The zero-order valence-electron chi connectivity index (χ0n) is 15.8. The van der Waals surface area contributed by atoms with Crippen LogP contribution < -0.4 is 0 Å². The Morgan fingerprint density at radius 2 is 1.70 bits per heavy atom. The molecule has 0 unspecified atom stereocenters. The van der Waals surface area contributed by atoms with E-state index < -0.39 is 0 Å². The largest absolute Gasteiger partial charge is 0.339 e. The van der Waals surface area contributed by atoms with E-state index >= 15 is 0 Å². The monoisotopic (exact) mass is 367 g/mol. The van der Waals surface area contributed by atoms with E-state index in [4.69, 9.17) is 0 Å². The Bertz CT molecular complexity index is 833. The van der Waals surface area contributed by atoms with Crippen molar-refractivity contribution in [2.75, 3.05) is 26.2 Å². The van der Waals surface area contributed by atoms with Crippen molar-refractivity contribution in [3.05, 3.63) is 47.5 Å². The number of carbonyl (C=O) groups is 2. The van der Waals surface area contributed by atoms with Crippen LogP contribution in [0.15, 0.2) is 30.6 Å². The normalized spacial score (nSPS) is 18.4. The summed E-state index contributed by atoms with van der Waals surface area (Å²) in [5.74, 6) is 0.272. The molecule has 2 aliphatic heterocycles. The lowest BCUT2D eigenvalue weighted by molar-refractivity contribution is -0.143. The Kier molecular flexibility index (Phi) is 4.68. The Hall–Kier alpha value is -2.70. The third-order valence-electron chi connectivity index (χ3n) is 5.62. The molecule has 2 fully saturated rings. The number of pyridine rings is 1.